The van der Waals surface area contributed by atoms with Gasteiger partial charge < -0.3 is 23.6 Å². The van der Waals surface area contributed by atoms with Crippen molar-refractivity contribution in [3.8, 4) is 0 Å². The summed E-state index contributed by atoms with van der Waals surface area (Å²) in [7, 11) is -5.10. The molecule has 3 saturated heterocycles. The summed E-state index contributed by atoms with van der Waals surface area (Å²) < 4.78 is 43.6. The van der Waals surface area contributed by atoms with Crippen molar-refractivity contribution in [2.75, 3.05) is 52.4 Å². The van der Waals surface area contributed by atoms with Crippen molar-refractivity contribution in [2.24, 2.45) is 5.92 Å². The number of likely N-dealkylation sites (tertiary alicyclic amines) is 1. The molecule has 0 aromatic rings. The zero-order valence-corrected chi connectivity index (χ0v) is 32.1. The Kier molecular flexibility index (Phi) is 18.1. The zero-order valence-electron chi connectivity index (χ0n) is 31.2. The molecule has 2 bridgehead atoms. The zero-order chi connectivity index (χ0) is 36.7. The molecule has 4 amide bonds. The van der Waals surface area contributed by atoms with Gasteiger partial charge in [-0.15, -0.1) is 0 Å². The number of hydrogen-bond acceptors (Lipinski definition) is 9. The summed E-state index contributed by atoms with van der Waals surface area (Å²) in [6.07, 6.45) is 12.8. The Morgan fingerprint density at radius 1 is 0.898 bits per heavy atom. The quantitative estimate of drug-likeness (QED) is 0.0854. The van der Waals surface area contributed by atoms with E-state index in [0.29, 0.717) is 24.6 Å². The van der Waals surface area contributed by atoms with Crippen LogP contribution < -0.4 is 5.48 Å². The van der Waals surface area contributed by atoms with Crippen LogP contribution in [0.1, 0.15) is 126 Å². The number of ether oxygens (including phenoxy) is 1. The Bertz CT molecular complexity index is 1100. The Balaban J connectivity index is 0.000000417. The van der Waals surface area contributed by atoms with E-state index in [2.05, 4.69) is 37.5 Å². The normalized spacial score (nSPS) is 21.3. The summed E-state index contributed by atoms with van der Waals surface area (Å²) >= 11 is 0. The lowest BCUT2D eigenvalue weighted by Crippen LogP contribution is -2.50. The third kappa shape index (κ3) is 14.9. The highest BCUT2D eigenvalue weighted by Gasteiger charge is 2.49. The van der Waals surface area contributed by atoms with Gasteiger partial charge >= 0.3 is 12.1 Å². The lowest BCUT2D eigenvalue weighted by molar-refractivity contribution is -0.929. The van der Waals surface area contributed by atoms with Crippen LogP contribution in [0, 0.1) is 5.92 Å². The molecule has 1 N–H and O–H groups in total. The first-order valence-electron chi connectivity index (χ1n) is 18.6. The second-order valence-electron chi connectivity index (χ2n) is 14.9. The van der Waals surface area contributed by atoms with Gasteiger partial charge in [0.25, 0.3) is 5.91 Å². The van der Waals surface area contributed by atoms with E-state index in [-0.39, 0.29) is 31.6 Å². The predicted molar refractivity (Wildman–Crippen MR) is 186 cm³/mol. The van der Waals surface area contributed by atoms with E-state index in [0.717, 1.165) is 17.7 Å². The minimum absolute atomic E-state index is 0.00637. The van der Waals surface area contributed by atoms with Crippen LogP contribution in [-0.2, 0) is 29.1 Å². The van der Waals surface area contributed by atoms with Crippen molar-refractivity contribution in [1.82, 2.24) is 20.3 Å². The van der Waals surface area contributed by atoms with Gasteiger partial charge in [0.05, 0.1) is 38.8 Å². The number of carbonyl (C=O) groups is 3. The number of hydrogen-bond donors (Lipinski definition) is 1. The Labute approximate surface area is 295 Å². The van der Waals surface area contributed by atoms with E-state index >= 15 is 0 Å². The number of nitrogens with zero attached hydrogens (tertiary/aromatic N) is 4. The van der Waals surface area contributed by atoms with E-state index in [1.807, 2.05) is 0 Å². The van der Waals surface area contributed by atoms with Gasteiger partial charge in [-0.1, -0.05) is 53.4 Å². The minimum Gasteiger partial charge on any atom is -0.724 e. The number of hydroxylamine groups is 3. The first-order chi connectivity index (χ1) is 23.1. The number of rotatable bonds is 18. The van der Waals surface area contributed by atoms with Crippen LogP contribution in [0.2, 0.25) is 0 Å². The first kappa shape index (κ1) is 43.0. The topological polar surface area (TPSA) is 158 Å². The number of unbranched alkanes of at least 4 members (excludes halogenated alkanes) is 4. The highest BCUT2D eigenvalue weighted by Crippen LogP contribution is 2.31. The molecule has 0 radical (unpaired) electrons. The molecule has 49 heavy (non-hydrogen) atoms. The lowest BCUT2D eigenvalue weighted by atomic mass is 9.99. The Morgan fingerprint density at radius 2 is 1.45 bits per heavy atom. The summed E-state index contributed by atoms with van der Waals surface area (Å²) in [4.78, 5) is 45.3. The number of quaternary nitrogens is 1. The third-order valence-corrected chi connectivity index (χ3v) is 9.75. The molecule has 3 aliphatic heterocycles. The molecular weight excluding hydrogens is 654 g/mol. The van der Waals surface area contributed by atoms with E-state index in [1.165, 1.54) is 82.0 Å². The van der Waals surface area contributed by atoms with Crippen LogP contribution in [0.5, 0.6) is 0 Å². The minimum atomic E-state index is -5.10. The average molecular weight is 720 g/mol. The molecule has 0 aliphatic carbocycles. The van der Waals surface area contributed by atoms with Crippen LogP contribution >= 0.6 is 0 Å². The fraction of sp³-hybridized carbons (Fsp3) is 0.912. The van der Waals surface area contributed by atoms with Crippen LogP contribution in [0.25, 0.3) is 0 Å². The molecule has 0 spiro atoms. The molecule has 3 heterocycles. The molecular formula is C34H65N5O9S. The first-order valence-corrected chi connectivity index (χ1v) is 19.9. The number of nitrogens with one attached hydrogen (secondary N) is 1. The molecule has 286 valence electrons. The predicted octanol–water partition coefficient (Wildman–Crippen LogP) is 5.35. The van der Waals surface area contributed by atoms with Gasteiger partial charge in [0.2, 0.25) is 10.4 Å². The summed E-state index contributed by atoms with van der Waals surface area (Å²) in [6.45, 7) is 21.7. The number of urea groups is 1. The molecule has 0 saturated carbocycles. The second-order valence-corrected chi connectivity index (χ2v) is 15.8. The van der Waals surface area contributed by atoms with Crippen molar-refractivity contribution in [3.63, 3.8) is 0 Å². The smallest absolute Gasteiger partial charge is 0.410 e. The number of piperidine rings is 2. The maximum atomic E-state index is 12.5. The van der Waals surface area contributed by atoms with Crippen molar-refractivity contribution in [1.29, 1.82) is 0 Å². The molecule has 3 fully saturated rings. The molecule has 3 rings (SSSR count). The van der Waals surface area contributed by atoms with Crippen molar-refractivity contribution in [2.45, 2.75) is 143 Å². The monoisotopic (exact) mass is 719 g/mol. The highest BCUT2D eigenvalue weighted by atomic mass is 32.3. The molecule has 0 aromatic heterocycles. The summed E-state index contributed by atoms with van der Waals surface area (Å²) in [6, 6.07) is -2.34. The van der Waals surface area contributed by atoms with Gasteiger partial charge in [-0.2, -0.15) is 9.35 Å². The van der Waals surface area contributed by atoms with Crippen molar-refractivity contribution in [3.05, 3.63) is 0 Å². The summed E-state index contributed by atoms with van der Waals surface area (Å²) in [5, 5.41) is 0.518. The molecule has 3 atom stereocenters. The molecule has 0 unspecified atom stereocenters. The van der Waals surface area contributed by atoms with E-state index in [1.54, 1.807) is 25.7 Å². The van der Waals surface area contributed by atoms with Crippen LogP contribution in [0.3, 0.4) is 0 Å². The van der Waals surface area contributed by atoms with Gasteiger partial charge in [-0.05, 0) is 72.1 Å². The number of fused-ring (bicyclic) bond motifs is 2. The Morgan fingerprint density at radius 3 is 1.94 bits per heavy atom. The largest absolute Gasteiger partial charge is 0.724 e. The molecule has 14 nitrogen and oxygen atoms in total. The van der Waals surface area contributed by atoms with Crippen LogP contribution in [-0.4, -0.2) is 120 Å². The maximum absolute atomic E-state index is 12.5. The van der Waals surface area contributed by atoms with Gasteiger partial charge in [0.1, 0.15) is 11.6 Å². The maximum Gasteiger partial charge on any atom is 0.410 e. The lowest BCUT2D eigenvalue weighted by Gasteiger charge is -2.39. The fourth-order valence-corrected chi connectivity index (χ4v) is 7.12. The van der Waals surface area contributed by atoms with E-state index in [4.69, 9.17) is 9.57 Å². The molecule has 3 aliphatic rings. The molecule has 15 heteroatoms. The van der Waals surface area contributed by atoms with Crippen molar-refractivity contribution >= 4 is 28.4 Å². The van der Waals surface area contributed by atoms with Gasteiger partial charge in [-0.25, -0.2) is 23.5 Å². The van der Waals surface area contributed by atoms with E-state index < -0.39 is 40.0 Å². The summed E-state index contributed by atoms with van der Waals surface area (Å²) in [5.74, 6) is -0.546. The van der Waals surface area contributed by atoms with Crippen LogP contribution in [0.4, 0.5) is 9.59 Å². The van der Waals surface area contributed by atoms with Gasteiger partial charge in [-0.3, -0.25) is 9.63 Å². The SMILES string of the molecule is CC(C)(C)OC(=O)N1CCC[C@@H](CONC(=O)[C@@H]2CC[C@@H]3CN2C(=O)N3OS(=O)(=O)[O-])C1.CCCC[N+](CCCC)(CCCC)CCCC. The van der Waals surface area contributed by atoms with E-state index in [9.17, 15) is 27.4 Å². The number of amides is 4. The second kappa shape index (κ2) is 20.6. The van der Waals surface area contributed by atoms with Gasteiger partial charge in [0, 0.05) is 25.6 Å². The standard InChI is InChI=1S/C18H30N4O9S.C16H36N/c1-18(2,3)30-17(25)20-8-4-5-12(9-20)11-29-19-15(23)14-7-6-13-10-21(14)16(24)22(13)31-32(26,27)28;1-5-9-13-17(14-10-6-2,15-11-7-3)16-12-8-4/h12-14H,4-11H2,1-3H3,(H,19,23)(H,26,27,28);5-16H2,1-4H3/q;+1/p-1/t12-,13-,14+;/m1./s1. The average Bonchev–Trinajstić information content (AvgIpc) is 3.27. The third-order valence-electron chi connectivity index (χ3n) is 9.40. The van der Waals surface area contributed by atoms with Crippen molar-refractivity contribution < 1.29 is 45.7 Å². The van der Waals surface area contributed by atoms with Gasteiger partial charge in [0.15, 0.2) is 0 Å². The fourth-order valence-electron chi connectivity index (χ4n) is 6.74. The van der Waals surface area contributed by atoms with Crippen LogP contribution in [0.15, 0.2) is 0 Å². The summed E-state index contributed by atoms with van der Waals surface area (Å²) in [5.41, 5.74) is 1.76. The Hall–Kier alpha value is -2.20. The number of carbonyl (C=O) groups excluding carboxylic acids is 3. The highest BCUT2D eigenvalue weighted by molar-refractivity contribution is 7.80. The molecule has 0 aromatic carbocycles.